The highest BCUT2D eigenvalue weighted by Gasteiger charge is 2.12. The van der Waals surface area contributed by atoms with Crippen LogP contribution < -0.4 is 0 Å². The van der Waals surface area contributed by atoms with E-state index < -0.39 is 0 Å². The summed E-state index contributed by atoms with van der Waals surface area (Å²) in [6.45, 7) is 2.14. The Bertz CT molecular complexity index is 539. The summed E-state index contributed by atoms with van der Waals surface area (Å²) in [5.74, 6) is -0.370. The number of aromatic nitrogens is 1. The molecule has 0 spiro atoms. The van der Waals surface area contributed by atoms with Crippen molar-refractivity contribution in [1.29, 1.82) is 0 Å². The molecule has 0 bridgehead atoms. The summed E-state index contributed by atoms with van der Waals surface area (Å²) < 4.78 is 5.89. The van der Waals surface area contributed by atoms with Gasteiger partial charge in [0.25, 0.3) is 0 Å². The van der Waals surface area contributed by atoms with Crippen LogP contribution in [-0.4, -0.2) is 17.6 Å². The van der Waals surface area contributed by atoms with E-state index in [1.165, 1.54) is 11.3 Å². The summed E-state index contributed by atoms with van der Waals surface area (Å²) in [4.78, 5) is 15.7. The number of rotatable bonds is 3. The third-order valence-corrected chi connectivity index (χ3v) is 3.44. The first-order valence-corrected chi connectivity index (χ1v) is 6.76. The van der Waals surface area contributed by atoms with Gasteiger partial charge < -0.3 is 4.74 Å². The first-order valence-electron chi connectivity index (χ1n) is 5.09. The Morgan fingerprint density at radius 3 is 3.06 bits per heavy atom. The van der Waals surface area contributed by atoms with Crippen molar-refractivity contribution in [2.45, 2.75) is 6.92 Å². The molecule has 2 aromatic rings. The monoisotopic (exact) mass is 311 g/mol. The number of carbonyl (C=O) groups is 1. The van der Waals surface area contributed by atoms with Gasteiger partial charge in [-0.05, 0) is 19.1 Å². The standard InChI is InChI=1S/C12H10BrNO2S/c1-2-16-12(15)10-7-17-11(14-10)8-4-3-5-9(13)6-8/h3-7H,2H2,1H3. The Morgan fingerprint density at radius 2 is 2.35 bits per heavy atom. The molecule has 1 heterocycles. The van der Waals surface area contributed by atoms with Crippen molar-refractivity contribution >= 4 is 33.2 Å². The van der Waals surface area contributed by atoms with Crippen molar-refractivity contribution in [2.75, 3.05) is 6.61 Å². The summed E-state index contributed by atoms with van der Waals surface area (Å²) >= 11 is 4.84. The Labute approximate surface area is 112 Å². The van der Waals surface area contributed by atoms with E-state index in [0.29, 0.717) is 12.3 Å². The average Bonchev–Trinajstić information content (AvgIpc) is 2.78. The topological polar surface area (TPSA) is 39.2 Å². The quantitative estimate of drug-likeness (QED) is 0.810. The minimum Gasteiger partial charge on any atom is -0.461 e. The van der Waals surface area contributed by atoms with Gasteiger partial charge >= 0.3 is 5.97 Å². The van der Waals surface area contributed by atoms with E-state index in [0.717, 1.165) is 15.0 Å². The van der Waals surface area contributed by atoms with Crippen molar-refractivity contribution in [3.63, 3.8) is 0 Å². The van der Waals surface area contributed by atoms with Crippen molar-refractivity contribution in [2.24, 2.45) is 0 Å². The third kappa shape index (κ3) is 2.92. The molecule has 0 fully saturated rings. The fourth-order valence-corrected chi connectivity index (χ4v) is 2.51. The van der Waals surface area contributed by atoms with Gasteiger partial charge in [0, 0.05) is 15.4 Å². The molecule has 0 atom stereocenters. The van der Waals surface area contributed by atoms with Crippen LogP contribution in [0.2, 0.25) is 0 Å². The Morgan fingerprint density at radius 1 is 1.53 bits per heavy atom. The van der Waals surface area contributed by atoms with Crippen molar-refractivity contribution in [3.05, 3.63) is 39.8 Å². The molecule has 0 saturated carbocycles. The van der Waals surface area contributed by atoms with E-state index in [9.17, 15) is 4.79 Å². The molecule has 0 unspecified atom stereocenters. The molecule has 0 aliphatic carbocycles. The fourth-order valence-electron chi connectivity index (χ4n) is 1.33. The van der Waals surface area contributed by atoms with Gasteiger partial charge in [0.1, 0.15) is 5.01 Å². The van der Waals surface area contributed by atoms with Crippen LogP contribution in [0.15, 0.2) is 34.1 Å². The maximum Gasteiger partial charge on any atom is 0.357 e. The Hall–Kier alpha value is -1.20. The zero-order chi connectivity index (χ0) is 12.3. The molecular weight excluding hydrogens is 302 g/mol. The Balaban J connectivity index is 2.27. The third-order valence-electron chi connectivity index (χ3n) is 2.06. The van der Waals surface area contributed by atoms with E-state index in [-0.39, 0.29) is 5.97 Å². The van der Waals surface area contributed by atoms with Gasteiger partial charge in [0.15, 0.2) is 5.69 Å². The number of ether oxygens (including phenoxy) is 1. The highest BCUT2D eigenvalue weighted by molar-refractivity contribution is 9.10. The highest BCUT2D eigenvalue weighted by atomic mass is 79.9. The molecule has 17 heavy (non-hydrogen) atoms. The second-order valence-electron chi connectivity index (χ2n) is 3.27. The fraction of sp³-hybridized carbons (Fsp3) is 0.167. The van der Waals surface area contributed by atoms with Gasteiger partial charge in [-0.2, -0.15) is 0 Å². The first-order chi connectivity index (χ1) is 8.20. The minimum absolute atomic E-state index is 0.364. The molecule has 0 radical (unpaired) electrons. The molecule has 88 valence electrons. The van der Waals surface area contributed by atoms with Crippen LogP contribution in [0.1, 0.15) is 17.4 Å². The molecule has 0 saturated heterocycles. The van der Waals surface area contributed by atoms with Gasteiger partial charge in [-0.25, -0.2) is 9.78 Å². The predicted molar refractivity (Wildman–Crippen MR) is 71.2 cm³/mol. The highest BCUT2D eigenvalue weighted by Crippen LogP contribution is 2.26. The van der Waals surface area contributed by atoms with Gasteiger partial charge in [0.05, 0.1) is 6.61 Å². The molecule has 1 aromatic heterocycles. The van der Waals surface area contributed by atoms with Gasteiger partial charge in [-0.1, -0.05) is 28.1 Å². The van der Waals surface area contributed by atoms with Crippen molar-refractivity contribution < 1.29 is 9.53 Å². The summed E-state index contributed by atoms with van der Waals surface area (Å²) in [6, 6.07) is 7.81. The van der Waals surface area contributed by atoms with Crippen LogP contribution in [-0.2, 0) is 4.74 Å². The number of hydrogen-bond acceptors (Lipinski definition) is 4. The summed E-state index contributed by atoms with van der Waals surface area (Å²) in [6.07, 6.45) is 0. The lowest BCUT2D eigenvalue weighted by atomic mass is 10.2. The van der Waals surface area contributed by atoms with Crippen molar-refractivity contribution in [1.82, 2.24) is 4.98 Å². The van der Waals surface area contributed by atoms with Crippen LogP contribution in [0.5, 0.6) is 0 Å². The van der Waals surface area contributed by atoms with Crippen LogP contribution >= 0.6 is 27.3 Å². The number of benzene rings is 1. The van der Waals surface area contributed by atoms with Crippen LogP contribution in [0.4, 0.5) is 0 Å². The van der Waals surface area contributed by atoms with Crippen LogP contribution in [0, 0.1) is 0 Å². The molecular formula is C12H10BrNO2S. The molecule has 0 N–H and O–H groups in total. The number of esters is 1. The summed E-state index contributed by atoms with van der Waals surface area (Å²) in [7, 11) is 0. The van der Waals surface area contributed by atoms with E-state index in [4.69, 9.17) is 4.74 Å². The lowest BCUT2D eigenvalue weighted by Crippen LogP contribution is -2.04. The van der Waals surface area contributed by atoms with Crippen molar-refractivity contribution in [3.8, 4) is 10.6 Å². The second-order valence-corrected chi connectivity index (χ2v) is 5.04. The lowest BCUT2D eigenvalue weighted by Gasteiger charge is -1.97. The van der Waals surface area contributed by atoms with Crippen LogP contribution in [0.3, 0.4) is 0 Å². The molecule has 3 nitrogen and oxygen atoms in total. The SMILES string of the molecule is CCOC(=O)c1csc(-c2cccc(Br)c2)n1. The van der Waals surface area contributed by atoms with E-state index in [1.807, 2.05) is 24.3 Å². The zero-order valence-corrected chi connectivity index (χ0v) is 11.5. The Kier molecular flexibility index (Phi) is 3.91. The molecule has 0 aliphatic rings. The van der Waals surface area contributed by atoms with Crippen LogP contribution in [0.25, 0.3) is 10.6 Å². The van der Waals surface area contributed by atoms with E-state index in [1.54, 1.807) is 12.3 Å². The molecule has 0 amide bonds. The van der Waals surface area contributed by atoms with Gasteiger partial charge in [0.2, 0.25) is 0 Å². The van der Waals surface area contributed by atoms with E-state index in [2.05, 4.69) is 20.9 Å². The second kappa shape index (κ2) is 5.42. The number of thiazole rings is 1. The lowest BCUT2D eigenvalue weighted by molar-refractivity contribution is 0.0520. The molecule has 0 aliphatic heterocycles. The molecule has 5 heteroatoms. The maximum atomic E-state index is 11.5. The normalized spacial score (nSPS) is 10.2. The van der Waals surface area contributed by atoms with Gasteiger partial charge in [-0.15, -0.1) is 11.3 Å². The minimum atomic E-state index is -0.370. The smallest absolute Gasteiger partial charge is 0.357 e. The number of halogens is 1. The maximum absolute atomic E-state index is 11.5. The molecule has 1 aromatic carbocycles. The number of nitrogens with zero attached hydrogens (tertiary/aromatic N) is 1. The summed E-state index contributed by atoms with van der Waals surface area (Å²) in [5, 5.41) is 2.53. The van der Waals surface area contributed by atoms with E-state index >= 15 is 0 Å². The largest absolute Gasteiger partial charge is 0.461 e. The predicted octanol–water partition coefficient (Wildman–Crippen LogP) is 3.75. The van der Waals surface area contributed by atoms with Gasteiger partial charge in [-0.3, -0.25) is 0 Å². The zero-order valence-electron chi connectivity index (χ0n) is 9.14. The average molecular weight is 312 g/mol. The number of hydrogen-bond donors (Lipinski definition) is 0. The number of carbonyl (C=O) groups excluding carboxylic acids is 1. The first kappa shape index (κ1) is 12.3. The summed E-state index contributed by atoms with van der Waals surface area (Å²) in [5.41, 5.74) is 1.35. The molecule has 2 rings (SSSR count).